The second kappa shape index (κ2) is 7.82. The van der Waals surface area contributed by atoms with Crippen LogP contribution in [0.1, 0.15) is 29.0 Å². The van der Waals surface area contributed by atoms with Gasteiger partial charge in [-0.05, 0) is 28.8 Å². The number of fused-ring (bicyclic) bond motifs is 1. The van der Waals surface area contributed by atoms with E-state index in [1.807, 2.05) is 77.5 Å². The van der Waals surface area contributed by atoms with Crippen molar-refractivity contribution in [1.29, 1.82) is 0 Å². The summed E-state index contributed by atoms with van der Waals surface area (Å²) < 4.78 is 8.49. The largest absolute Gasteiger partial charge is 0.465 e. The molecule has 2 unspecified atom stereocenters. The lowest BCUT2D eigenvalue weighted by atomic mass is 9.97. The van der Waals surface area contributed by atoms with E-state index < -0.39 is 0 Å². The minimum absolute atomic E-state index is 0.119. The van der Waals surface area contributed by atoms with Crippen molar-refractivity contribution >= 4 is 11.5 Å². The zero-order valence-corrected chi connectivity index (χ0v) is 17.4. The Morgan fingerprint density at radius 1 is 0.688 bits per heavy atom. The molecule has 1 aliphatic rings. The summed E-state index contributed by atoms with van der Waals surface area (Å²) in [5.41, 5.74) is 6.08. The van der Waals surface area contributed by atoms with Crippen LogP contribution in [0.4, 0.5) is 0 Å². The highest BCUT2D eigenvalue weighted by Crippen LogP contribution is 2.41. The minimum Gasteiger partial charge on any atom is -0.465 e. The molecule has 0 saturated heterocycles. The van der Waals surface area contributed by atoms with Crippen LogP contribution >= 0.6 is 0 Å². The number of aromatic nitrogens is 2. The molecule has 5 aromatic rings. The predicted octanol–water partition coefficient (Wildman–Crippen LogP) is 6.26. The molecular weight excluding hydrogens is 394 g/mol. The molecular formula is C28H21N3O. The number of hydrogen-bond donors (Lipinski definition) is 0. The Balaban J connectivity index is 1.44. The maximum absolute atomic E-state index is 6.45. The molecule has 0 aliphatic carbocycles. The summed E-state index contributed by atoms with van der Waals surface area (Å²) in [7, 11) is 0. The fraction of sp³-hybridized carbons (Fsp3) is 0.0714. The number of nitrogens with zero attached hydrogens (tertiary/aromatic N) is 3. The number of pyridine rings is 1. The summed E-state index contributed by atoms with van der Waals surface area (Å²) in [5.74, 6) is 0.579. The van der Waals surface area contributed by atoms with Crippen LogP contribution in [0.5, 0.6) is 0 Å². The first-order valence-electron chi connectivity index (χ1n) is 10.7. The van der Waals surface area contributed by atoms with E-state index in [1.54, 1.807) is 0 Å². The number of ether oxygens (including phenoxy) is 1. The first-order valence-corrected chi connectivity index (χ1v) is 10.7. The molecule has 2 aromatic heterocycles. The van der Waals surface area contributed by atoms with Crippen molar-refractivity contribution < 1.29 is 4.74 Å². The zero-order valence-electron chi connectivity index (χ0n) is 17.4. The monoisotopic (exact) mass is 415 g/mol. The summed E-state index contributed by atoms with van der Waals surface area (Å²) in [6, 6.07) is 34.9. The molecule has 3 aromatic carbocycles. The van der Waals surface area contributed by atoms with Crippen LogP contribution in [0.3, 0.4) is 0 Å². The third-order valence-electron chi connectivity index (χ3n) is 5.84. The highest BCUT2D eigenvalue weighted by atomic mass is 16.5. The zero-order chi connectivity index (χ0) is 21.3. The Hall–Kier alpha value is -4.18. The lowest BCUT2D eigenvalue weighted by Gasteiger charge is -2.18. The van der Waals surface area contributed by atoms with Crippen LogP contribution in [0, 0.1) is 0 Å². The molecule has 4 heteroatoms. The Morgan fingerprint density at radius 2 is 1.34 bits per heavy atom. The maximum atomic E-state index is 6.45. The molecule has 0 N–H and O–H groups in total. The Morgan fingerprint density at radius 3 is 2.06 bits per heavy atom. The molecule has 6 rings (SSSR count). The van der Waals surface area contributed by atoms with Crippen LogP contribution in [-0.2, 0) is 4.74 Å². The van der Waals surface area contributed by atoms with Crippen LogP contribution in [-0.4, -0.2) is 15.3 Å². The molecule has 0 fully saturated rings. The molecule has 1 aliphatic heterocycles. The van der Waals surface area contributed by atoms with Crippen molar-refractivity contribution in [3.8, 4) is 11.1 Å². The number of rotatable bonds is 4. The average molecular weight is 415 g/mol. The van der Waals surface area contributed by atoms with Gasteiger partial charge in [0.15, 0.2) is 6.10 Å². The van der Waals surface area contributed by atoms with Gasteiger partial charge in [0.05, 0.1) is 0 Å². The lowest BCUT2D eigenvalue weighted by Crippen LogP contribution is -2.09. The molecule has 154 valence electrons. The maximum Gasteiger partial charge on any atom is 0.238 e. The SMILES string of the molecule is c1ccc(-c2cccn3cc(C4=NC(c5ccccc5)C(c5ccccc5)O4)nc23)cc1. The molecule has 32 heavy (non-hydrogen) atoms. The van der Waals surface area contributed by atoms with Crippen LogP contribution in [0.15, 0.2) is 121 Å². The van der Waals surface area contributed by atoms with Crippen LogP contribution in [0.25, 0.3) is 16.8 Å². The van der Waals surface area contributed by atoms with Crippen LogP contribution in [0.2, 0.25) is 0 Å². The van der Waals surface area contributed by atoms with Crippen molar-refractivity contribution in [2.45, 2.75) is 12.1 Å². The summed E-state index contributed by atoms with van der Waals surface area (Å²) >= 11 is 0. The highest BCUT2D eigenvalue weighted by Gasteiger charge is 2.35. The highest BCUT2D eigenvalue weighted by molar-refractivity contribution is 5.95. The topological polar surface area (TPSA) is 38.9 Å². The quantitative estimate of drug-likeness (QED) is 0.347. The number of hydrogen-bond acceptors (Lipinski definition) is 3. The van der Waals surface area contributed by atoms with Crippen molar-refractivity contribution in [3.63, 3.8) is 0 Å². The second-order valence-corrected chi connectivity index (χ2v) is 7.88. The predicted molar refractivity (Wildman–Crippen MR) is 127 cm³/mol. The van der Waals surface area contributed by atoms with E-state index in [0.717, 1.165) is 33.6 Å². The van der Waals surface area contributed by atoms with Gasteiger partial charge in [-0.25, -0.2) is 9.98 Å². The molecule has 3 heterocycles. The van der Waals surface area contributed by atoms with Gasteiger partial charge in [-0.2, -0.15) is 0 Å². The number of imidazole rings is 1. The van der Waals surface area contributed by atoms with Gasteiger partial charge in [0.2, 0.25) is 5.90 Å². The van der Waals surface area contributed by atoms with Crippen molar-refractivity contribution in [1.82, 2.24) is 9.38 Å². The van der Waals surface area contributed by atoms with Gasteiger partial charge < -0.3 is 9.14 Å². The number of aliphatic imine (C=N–C) groups is 1. The van der Waals surface area contributed by atoms with E-state index in [9.17, 15) is 0 Å². The van der Waals surface area contributed by atoms with Gasteiger partial charge in [-0.1, -0.05) is 91.0 Å². The Bertz CT molecular complexity index is 1390. The van der Waals surface area contributed by atoms with Crippen LogP contribution < -0.4 is 0 Å². The summed E-state index contributed by atoms with van der Waals surface area (Å²) in [6.07, 6.45) is 3.82. The van der Waals surface area contributed by atoms with E-state index in [0.29, 0.717) is 5.90 Å². The number of benzene rings is 3. The first kappa shape index (κ1) is 18.6. The second-order valence-electron chi connectivity index (χ2n) is 7.88. The molecule has 0 saturated carbocycles. The van der Waals surface area contributed by atoms with Gasteiger partial charge >= 0.3 is 0 Å². The van der Waals surface area contributed by atoms with E-state index in [2.05, 4.69) is 42.5 Å². The minimum atomic E-state index is -0.188. The fourth-order valence-electron chi connectivity index (χ4n) is 4.29. The summed E-state index contributed by atoms with van der Waals surface area (Å²) in [5, 5.41) is 0. The third-order valence-corrected chi connectivity index (χ3v) is 5.84. The van der Waals surface area contributed by atoms with Gasteiger partial charge in [0.25, 0.3) is 0 Å². The first-order chi connectivity index (χ1) is 15.9. The summed E-state index contributed by atoms with van der Waals surface area (Å²) in [6.45, 7) is 0. The van der Waals surface area contributed by atoms with Crippen molar-refractivity contribution in [2.75, 3.05) is 0 Å². The van der Waals surface area contributed by atoms with E-state index >= 15 is 0 Å². The van der Waals surface area contributed by atoms with Gasteiger partial charge in [-0.15, -0.1) is 0 Å². The van der Waals surface area contributed by atoms with Crippen molar-refractivity contribution in [2.24, 2.45) is 4.99 Å². The smallest absolute Gasteiger partial charge is 0.238 e. The molecule has 0 bridgehead atoms. The molecule has 2 atom stereocenters. The van der Waals surface area contributed by atoms with Crippen molar-refractivity contribution in [3.05, 3.63) is 132 Å². The van der Waals surface area contributed by atoms with Gasteiger partial charge in [0.1, 0.15) is 17.4 Å². The lowest BCUT2D eigenvalue weighted by molar-refractivity contribution is 0.196. The van der Waals surface area contributed by atoms with Gasteiger partial charge in [-0.3, -0.25) is 0 Å². The fourth-order valence-corrected chi connectivity index (χ4v) is 4.29. The molecule has 0 amide bonds. The normalized spacial score (nSPS) is 17.8. The van der Waals surface area contributed by atoms with E-state index in [1.165, 1.54) is 0 Å². The average Bonchev–Trinajstić information content (AvgIpc) is 3.50. The Labute approximate surface area is 186 Å². The molecule has 4 nitrogen and oxygen atoms in total. The third kappa shape index (κ3) is 3.26. The molecule has 0 radical (unpaired) electrons. The van der Waals surface area contributed by atoms with E-state index in [-0.39, 0.29) is 12.1 Å². The van der Waals surface area contributed by atoms with Gasteiger partial charge in [0, 0.05) is 18.0 Å². The summed E-state index contributed by atoms with van der Waals surface area (Å²) in [4.78, 5) is 9.94. The van der Waals surface area contributed by atoms with E-state index in [4.69, 9.17) is 14.7 Å². The molecule has 0 spiro atoms. The standard InChI is InChI=1S/C28H21N3O/c1-4-11-20(12-5-1)23-17-10-18-31-19-24(29-27(23)31)28-30-25(21-13-6-2-7-14-21)26(32-28)22-15-8-3-9-16-22/h1-19,25-26H. The Kier molecular flexibility index (Phi) is 4.54.